The van der Waals surface area contributed by atoms with Gasteiger partial charge in [-0.2, -0.15) is 4.39 Å². The van der Waals surface area contributed by atoms with Crippen molar-refractivity contribution in [1.82, 2.24) is 4.90 Å². The lowest BCUT2D eigenvalue weighted by molar-refractivity contribution is 0.203. The molecule has 0 saturated heterocycles. The predicted molar refractivity (Wildman–Crippen MR) is 29.4 cm³/mol. The highest BCUT2D eigenvalue weighted by Crippen LogP contribution is 2.29. The van der Waals surface area contributed by atoms with Gasteiger partial charge in [-0.15, -0.1) is 0 Å². The van der Waals surface area contributed by atoms with Crippen LogP contribution in [0.2, 0.25) is 0 Å². The smallest absolute Gasteiger partial charge is 0.225 e. The molecule has 4 heteroatoms. The molecule has 1 nitrogen and oxygen atoms in total. The molecule has 0 saturated carbocycles. The van der Waals surface area contributed by atoms with Crippen LogP contribution < -0.4 is 0 Å². The zero-order chi connectivity index (χ0) is 6.15. The highest BCUT2D eigenvalue weighted by molar-refractivity contribution is 8.02. The zero-order valence-electron chi connectivity index (χ0n) is 4.27. The number of thioether (sulfide) groups is 1. The Balaban J connectivity index is 2.59. The topological polar surface area (TPSA) is 3.24 Å². The predicted octanol–water partition coefficient (Wildman–Crippen LogP) is 1.69. The van der Waals surface area contributed by atoms with E-state index in [0.29, 0.717) is 0 Å². The number of rotatable bonds is 0. The van der Waals surface area contributed by atoms with Crippen LogP contribution in [0.15, 0.2) is 11.4 Å². The lowest BCUT2D eigenvalue weighted by Gasteiger charge is -2.11. The molecule has 0 fully saturated rings. The van der Waals surface area contributed by atoms with E-state index >= 15 is 0 Å². The molecule has 1 unspecified atom stereocenters. The molecule has 0 N–H and O–H groups in total. The van der Waals surface area contributed by atoms with Gasteiger partial charge in [-0.3, -0.25) is 0 Å². The maximum Gasteiger partial charge on any atom is 0.225 e. The van der Waals surface area contributed by atoms with Crippen molar-refractivity contribution in [2.24, 2.45) is 0 Å². The van der Waals surface area contributed by atoms with Crippen molar-refractivity contribution in [2.45, 2.75) is 5.63 Å². The fraction of sp³-hybridized carbons (Fsp3) is 0.500. The molecule has 0 bridgehead atoms. The van der Waals surface area contributed by atoms with Gasteiger partial charge in [-0.25, -0.2) is 4.39 Å². The van der Waals surface area contributed by atoms with Gasteiger partial charge < -0.3 is 4.90 Å². The Morgan fingerprint density at radius 1 is 1.88 bits per heavy atom. The normalized spacial score (nSPS) is 28.6. The highest BCUT2D eigenvalue weighted by Gasteiger charge is 2.21. The molecule has 1 atom stereocenters. The lowest BCUT2D eigenvalue weighted by atomic mass is 10.8. The van der Waals surface area contributed by atoms with E-state index in [4.69, 9.17) is 0 Å². The minimum atomic E-state index is -1.23. The van der Waals surface area contributed by atoms with E-state index in [1.165, 1.54) is 7.05 Å². The monoisotopic (exact) mass is 137 g/mol. The molecule has 1 heterocycles. The van der Waals surface area contributed by atoms with Crippen molar-refractivity contribution in [3.05, 3.63) is 11.4 Å². The van der Waals surface area contributed by atoms with Crippen molar-refractivity contribution in [3.8, 4) is 0 Å². The molecular formula is C4H5F2NS. The van der Waals surface area contributed by atoms with Crippen LogP contribution in [-0.2, 0) is 0 Å². The fourth-order valence-corrected chi connectivity index (χ4v) is 1.06. The van der Waals surface area contributed by atoms with E-state index in [-0.39, 0.29) is 0 Å². The Morgan fingerprint density at radius 2 is 2.50 bits per heavy atom. The van der Waals surface area contributed by atoms with Crippen molar-refractivity contribution >= 4 is 11.8 Å². The molecule has 0 aromatic rings. The summed E-state index contributed by atoms with van der Waals surface area (Å²) in [5, 5.41) is 1.16. The minimum Gasteiger partial charge on any atom is -0.312 e. The molecule has 0 radical (unpaired) electrons. The SMILES string of the molecule is CN1C(F)=CSC1F. The summed E-state index contributed by atoms with van der Waals surface area (Å²) in [4.78, 5) is 0.935. The van der Waals surface area contributed by atoms with Crippen LogP contribution in [0.25, 0.3) is 0 Å². The molecule has 0 aromatic heterocycles. The van der Waals surface area contributed by atoms with Crippen molar-refractivity contribution in [1.29, 1.82) is 0 Å². The Bertz CT molecular complexity index is 125. The van der Waals surface area contributed by atoms with Crippen LogP contribution in [0.5, 0.6) is 0 Å². The van der Waals surface area contributed by atoms with Crippen LogP contribution in [0.4, 0.5) is 8.78 Å². The average molecular weight is 137 g/mol. The molecule has 1 rings (SSSR count). The maximum absolute atomic E-state index is 12.2. The number of hydrogen-bond donors (Lipinski definition) is 0. The summed E-state index contributed by atoms with van der Waals surface area (Å²) in [6, 6.07) is 0. The summed E-state index contributed by atoms with van der Waals surface area (Å²) < 4.78 is 24.3. The van der Waals surface area contributed by atoms with E-state index in [1.807, 2.05) is 0 Å². The second kappa shape index (κ2) is 1.93. The molecule has 0 spiro atoms. The van der Waals surface area contributed by atoms with Gasteiger partial charge in [0, 0.05) is 12.5 Å². The Labute approximate surface area is 50.4 Å². The summed E-state index contributed by atoms with van der Waals surface area (Å²) in [5.74, 6) is -0.498. The van der Waals surface area contributed by atoms with Crippen LogP contribution in [0.1, 0.15) is 0 Å². The van der Waals surface area contributed by atoms with E-state index in [1.54, 1.807) is 0 Å². The van der Waals surface area contributed by atoms with Crippen molar-refractivity contribution < 1.29 is 8.78 Å². The quantitative estimate of drug-likeness (QED) is 0.467. The Morgan fingerprint density at radius 3 is 2.62 bits per heavy atom. The van der Waals surface area contributed by atoms with E-state index in [9.17, 15) is 8.78 Å². The molecule has 0 amide bonds. The minimum absolute atomic E-state index is 0.498. The standard InChI is InChI=1S/C4H5F2NS/c1-7-3(5)2-8-4(7)6/h2,4H,1H3. The van der Waals surface area contributed by atoms with Gasteiger partial charge in [0.05, 0.1) is 0 Å². The van der Waals surface area contributed by atoms with Crippen LogP contribution in [0, 0.1) is 0 Å². The van der Waals surface area contributed by atoms with E-state index in [2.05, 4.69) is 0 Å². The molecule has 1 aliphatic rings. The van der Waals surface area contributed by atoms with Crippen molar-refractivity contribution in [2.75, 3.05) is 7.05 Å². The number of hydrogen-bond acceptors (Lipinski definition) is 2. The zero-order valence-corrected chi connectivity index (χ0v) is 5.08. The van der Waals surface area contributed by atoms with Gasteiger partial charge in [-0.1, -0.05) is 11.8 Å². The molecule has 1 aliphatic heterocycles. The number of alkyl halides is 1. The van der Waals surface area contributed by atoms with Crippen LogP contribution >= 0.6 is 11.8 Å². The molecule has 0 aliphatic carbocycles. The lowest BCUT2D eigenvalue weighted by Crippen LogP contribution is -2.17. The summed E-state index contributed by atoms with van der Waals surface area (Å²) in [5.41, 5.74) is -1.23. The largest absolute Gasteiger partial charge is 0.312 e. The number of nitrogens with zero attached hydrogens (tertiary/aromatic N) is 1. The molecule has 46 valence electrons. The molecular weight excluding hydrogens is 132 g/mol. The average Bonchev–Trinajstić information content (AvgIpc) is 1.98. The van der Waals surface area contributed by atoms with Crippen LogP contribution in [-0.4, -0.2) is 17.6 Å². The Hall–Kier alpha value is -0.250. The van der Waals surface area contributed by atoms with Crippen molar-refractivity contribution in [3.63, 3.8) is 0 Å². The first kappa shape index (κ1) is 5.88. The summed E-state index contributed by atoms with van der Waals surface area (Å²) in [6.45, 7) is 0. The Kier molecular flexibility index (Phi) is 1.42. The van der Waals surface area contributed by atoms with Gasteiger partial charge in [0.1, 0.15) is 0 Å². The van der Waals surface area contributed by atoms with E-state index < -0.39 is 11.6 Å². The van der Waals surface area contributed by atoms with Gasteiger partial charge in [0.25, 0.3) is 0 Å². The van der Waals surface area contributed by atoms with Crippen LogP contribution in [0.3, 0.4) is 0 Å². The maximum atomic E-state index is 12.2. The fourth-order valence-electron chi connectivity index (χ4n) is 0.384. The van der Waals surface area contributed by atoms with Gasteiger partial charge >= 0.3 is 0 Å². The number of halogens is 2. The summed E-state index contributed by atoms with van der Waals surface area (Å²) in [7, 11) is 1.37. The first-order chi connectivity index (χ1) is 3.72. The third-order valence-electron chi connectivity index (χ3n) is 0.919. The molecule has 8 heavy (non-hydrogen) atoms. The molecule has 0 aromatic carbocycles. The third-order valence-corrected chi connectivity index (χ3v) is 1.79. The highest BCUT2D eigenvalue weighted by atomic mass is 32.2. The van der Waals surface area contributed by atoms with Gasteiger partial charge in [0.2, 0.25) is 5.63 Å². The first-order valence-corrected chi connectivity index (χ1v) is 3.04. The van der Waals surface area contributed by atoms with Gasteiger partial charge in [0.15, 0.2) is 5.95 Å². The summed E-state index contributed by atoms with van der Waals surface area (Å²) >= 11 is 0.836. The van der Waals surface area contributed by atoms with Gasteiger partial charge in [-0.05, 0) is 0 Å². The second-order valence-corrected chi connectivity index (χ2v) is 2.38. The third kappa shape index (κ3) is 0.798. The first-order valence-electron chi connectivity index (χ1n) is 2.10. The van der Waals surface area contributed by atoms with E-state index in [0.717, 1.165) is 22.1 Å². The second-order valence-electron chi connectivity index (χ2n) is 1.48. The summed E-state index contributed by atoms with van der Waals surface area (Å²) in [6.07, 6.45) is 0.